The van der Waals surface area contributed by atoms with Crippen molar-refractivity contribution in [1.82, 2.24) is 0 Å². The maximum atomic E-state index is 9.00. The lowest BCUT2D eigenvalue weighted by molar-refractivity contribution is -0.135. The van der Waals surface area contributed by atoms with Gasteiger partial charge in [0.1, 0.15) is 12.2 Å². The van der Waals surface area contributed by atoms with Crippen LogP contribution in [-0.2, 0) is 19.2 Å². The molecule has 0 heterocycles. The Balaban J connectivity index is -0.0000000525. The molecule has 28 heavy (non-hydrogen) atoms. The topological polar surface area (TPSA) is 271 Å². The van der Waals surface area contributed by atoms with Gasteiger partial charge in [-0.15, -0.1) is 0 Å². The van der Waals surface area contributed by atoms with Crippen LogP contribution in [0.2, 0.25) is 0 Å². The number of rotatable bonds is 4. The molecule has 0 saturated heterocycles. The van der Waals surface area contributed by atoms with Gasteiger partial charge >= 0.3 is 0 Å². The maximum Gasteiger partial charge on any atom is 0.300 e. The highest BCUT2D eigenvalue weighted by Gasteiger charge is 1.94. The van der Waals surface area contributed by atoms with Gasteiger partial charge in [-0.2, -0.15) is 0 Å². The molecule has 0 aliphatic heterocycles. The Morgan fingerprint density at radius 1 is 0.500 bits per heavy atom. The molecule has 0 saturated carbocycles. The SMILES string of the molecule is CC(=O)O.CC(=O)O.CC(=O)O.CC(=O)O.OCC(O)CO.OCC(O)CO. The summed E-state index contributed by atoms with van der Waals surface area (Å²) in [6, 6.07) is 0. The van der Waals surface area contributed by atoms with E-state index < -0.39 is 36.1 Å². The molecular formula is C14H32O14. The first-order chi connectivity index (χ1) is 12.5. The zero-order chi connectivity index (χ0) is 24.3. The van der Waals surface area contributed by atoms with Crippen LogP contribution in [0.15, 0.2) is 0 Å². The van der Waals surface area contributed by atoms with E-state index in [1.54, 1.807) is 0 Å². The lowest BCUT2D eigenvalue weighted by Crippen LogP contribution is -2.15. The third kappa shape index (κ3) is 381. The minimum Gasteiger partial charge on any atom is -0.481 e. The zero-order valence-electron chi connectivity index (χ0n) is 16.1. The third-order valence-electron chi connectivity index (χ3n) is 0.843. The summed E-state index contributed by atoms with van der Waals surface area (Å²) in [5.41, 5.74) is 0. The van der Waals surface area contributed by atoms with E-state index in [0.29, 0.717) is 0 Å². The molecule has 0 aromatic heterocycles. The molecule has 172 valence electrons. The summed E-state index contributed by atoms with van der Waals surface area (Å²) < 4.78 is 0. The second-order valence-electron chi connectivity index (χ2n) is 4.11. The molecule has 0 bridgehead atoms. The summed E-state index contributed by atoms with van der Waals surface area (Å²) in [5, 5.41) is 77.7. The summed E-state index contributed by atoms with van der Waals surface area (Å²) in [7, 11) is 0. The van der Waals surface area contributed by atoms with E-state index in [9.17, 15) is 0 Å². The predicted octanol–water partition coefficient (Wildman–Crippen LogP) is -2.97. The summed E-state index contributed by atoms with van der Waals surface area (Å²) >= 11 is 0. The zero-order valence-corrected chi connectivity index (χ0v) is 16.1. The molecule has 14 heteroatoms. The van der Waals surface area contributed by atoms with Crippen molar-refractivity contribution in [2.45, 2.75) is 39.9 Å². The number of hydrogen-bond donors (Lipinski definition) is 10. The summed E-state index contributed by atoms with van der Waals surface area (Å²) in [6.07, 6.45) is -1.91. The van der Waals surface area contributed by atoms with Crippen molar-refractivity contribution in [3.8, 4) is 0 Å². The van der Waals surface area contributed by atoms with E-state index >= 15 is 0 Å². The fourth-order valence-electron chi connectivity index (χ4n) is 0.115. The van der Waals surface area contributed by atoms with Crippen LogP contribution in [0.25, 0.3) is 0 Å². The number of carboxylic acid groups (broad SMARTS) is 4. The molecule has 14 nitrogen and oxygen atoms in total. The number of carbonyl (C=O) groups is 4. The number of carboxylic acids is 4. The van der Waals surface area contributed by atoms with Crippen molar-refractivity contribution in [1.29, 1.82) is 0 Å². The molecule has 0 aliphatic carbocycles. The van der Waals surface area contributed by atoms with Gasteiger partial charge in [0, 0.05) is 27.7 Å². The standard InChI is InChI=1S/2C3H8O3.4C2H4O2/c2*4-1-3(6)2-5;4*1-2(3)4/h2*3-6H,1-2H2;4*1H3,(H,3,4). The fraction of sp³-hybridized carbons (Fsp3) is 0.714. The predicted molar refractivity (Wildman–Crippen MR) is 93.6 cm³/mol. The summed E-state index contributed by atoms with van der Waals surface area (Å²) in [4.78, 5) is 36.0. The van der Waals surface area contributed by atoms with Crippen molar-refractivity contribution in [3.63, 3.8) is 0 Å². The first kappa shape index (κ1) is 40.4. The molecule has 10 N–H and O–H groups in total. The smallest absolute Gasteiger partial charge is 0.300 e. The van der Waals surface area contributed by atoms with Crippen molar-refractivity contribution >= 4 is 23.9 Å². The Hall–Kier alpha value is -2.36. The average molecular weight is 424 g/mol. The number of hydrogen-bond acceptors (Lipinski definition) is 10. The molecule has 0 aromatic rings. The molecule has 0 amide bonds. The fourth-order valence-corrected chi connectivity index (χ4v) is 0.115. The van der Waals surface area contributed by atoms with Crippen molar-refractivity contribution in [2.24, 2.45) is 0 Å². The first-order valence-electron chi connectivity index (χ1n) is 7.13. The molecule has 0 aliphatic rings. The Labute approximate surface area is 161 Å². The Kier molecular flexibility index (Phi) is 51.5. The van der Waals surface area contributed by atoms with Gasteiger partial charge in [0.2, 0.25) is 0 Å². The molecule has 0 radical (unpaired) electrons. The average Bonchev–Trinajstić information content (AvgIpc) is 2.51. The molecular weight excluding hydrogens is 392 g/mol. The molecule has 0 atom stereocenters. The van der Waals surface area contributed by atoms with Crippen molar-refractivity contribution < 1.29 is 70.2 Å². The van der Waals surface area contributed by atoms with Crippen LogP contribution in [0.5, 0.6) is 0 Å². The van der Waals surface area contributed by atoms with Gasteiger partial charge < -0.3 is 51.1 Å². The van der Waals surface area contributed by atoms with Gasteiger partial charge in [0.25, 0.3) is 23.9 Å². The van der Waals surface area contributed by atoms with E-state index in [0.717, 1.165) is 27.7 Å². The van der Waals surface area contributed by atoms with E-state index in [1.807, 2.05) is 0 Å². The quantitative estimate of drug-likeness (QED) is 0.216. The van der Waals surface area contributed by atoms with Crippen LogP contribution in [0, 0.1) is 0 Å². The van der Waals surface area contributed by atoms with E-state index in [4.69, 9.17) is 70.2 Å². The van der Waals surface area contributed by atoms with Gasteiger partial charge in [-0.1, -0.05) is 0 Å². The largest absolute Gasteiger partial charge is 0.481 e. The van der Waals surface area contributed by atoms with Crippen LogP contribution < -0.4 is 0 Å². The second-order valence-corrected chi connectivity index (χ2v) is 4.11. The van der Waals surface area contributed by atoms with Crippen LogP contribution in [0.4, 0.5) is 0 Å². The minimum atomic E-state index is -0.954. The number of aliphatic hydroxyl groups is 6. The first-order valence-corrected chi connectivity index (χ1v) is 7.13. The number of aliphatic carboxylic acids is 4. The lowest BCUT2D eigenvalue weighted by Gasteiger charge is -1.96. The Morgan fingerprint density at radius 3 is 0.571 bits per heavy atom. The van der Waals surface area contributed by atoms with Gasteiger partial charge in [0.15, 0.2) is 0 Å². The minimum absolute atomic E-state index is 0.365. The Bertz CT molecular complexity index is 276. The van der Waals surface area contributed by atoms with Crippen LogP contribution >= 0.6 is 0 Å². The molecule has 0 unspecified atom stereocenters. The van der Waals surface area contributed by atoms with Crippen molar-refractivity contribution in [2.75, 3.05) is 26.4 Å². The normalized spacial score (nSPS) is 7.86. The summed E-state index contributed by atoms with van der Waals surface area (Å²) in [5.74, 6) is -3.33. The third-order valence-corrected chi connectivity index (χ3v) is 0.843. The van der Waals surface area contributed by atoms with E-state index in [-0.39, 0.29) is 26.4 Å². The summed E-state index contributed by atoms with van der Waals surface area (Å²) in [6.45, 7) is 2.88. The molecule has 0 spiro atoms. The van der Waals surface area contributed by atoms with E-state index in [1.165, 1.54) is 0 Å². The number of aliphatic hydroxyl groups excluding tert-OH is 6. The highest BCUT2D eigenvalue weighted by Crippen LogP contribution is 1.72. The van der Waals surface area contributed by atoms with Crippen LogP contribution in [-0.4, -0.2) is 114 Å². The van der Waals surface area contributed by atoms with Gasteiger partial charge in [-0.05, 0) is 0 Å². The molecule has 0 rings (SSSR count). The monoisotopic (exact) mass is 424 g/mol. The molecule has 0 aromatic carbocycles. The van der Waals surface area contributed by atoms with Crippen molar-refractivity contribution in [3.05, 3.63) is 0 Å². The second kappa shape index (κ2) is 35.7. The van der Waals surface area contributed by atoms with E-state index in [2.05, 4.69) is 0 Å². The van der Waals surface area contributed by atoms with Crippen LogP contribution in [0.1, 0.15) is 27.7 Å². The van der Waals surface area contributed by atoms with Gasteiger partial charge in [0.05, 0.1) is 26.4 Å². The molecule has 0 fully saturated rings. The van der Waals surface area contributed by atoms with Gasteiger partial charge in [-0.25, -0.2) is 0 Å². The van der Waals surface area contributed by atoms with Crippen LogP contribution in [0.3, 0.4) is 0 Å². The highest BCUT2D eigenvalue weighted by atomic mass is 16.4. The maximum absolute atomic E-state index is 9.00. The lowest BCUT2D eigenvalue weighted by atomic mass is 10.4. The highest BCUT2D eigenvalue weighted by molar-refractivity contribution is 5.63. The Morgan fingerprint density at radius 2 is 0.571 bits per heavy atom. The van der Waals surface area contributed by atoms with Gasteiger partial charge in [-0.3, -0.25) is 19.2 Å².